The minimum absolute atomic E-state index is 0.139. The predicted octanol–water partition coefficient (Wildman–Crippen LogP) is 2.14. The van der Waals surface area contributed by atoms with E-state index in [4.69, 9.17) is 21.1 Å². The molecule has 13 heavy (non-hydrogen) atoms. The first-order chi connectivity index (χ1) is 6.27. The van der Waals surface area contributed by atoms with Gasteiger partial charge in [0.1, 0.15) is 12.0 Å². The lowest BCUT2D eigenvalue weighted by atomic mass is 10.2. The molecule has 1 rings (SSSR count). The molecule has 0 unspecified atom stereocenters. The lowest BCUT2D eigenvalue weighted by molar-refractivity contribution is 0.0512. The molecular weight excluding hydrogens is 192 g/mol. The first-order valence-electron chi connectivity index (χ1n) is 3.64. The highest BCUT2D eigenvalue weighted by Crippen LogP contribution is 2.24. The van der Waals surface area contributed by atoms with E-state index in [2.05, 4.69) is 0 Å². The highest BCUT2D eigenvalue weighted by atomic mass is 35.5. The SMILES string of the molecule is COCOc1ccc(C=O)cc1Cl. The van der Waals surface area contributed by atoms with Crippen LogP contribution >= 0.6 is 11.6 Å². The summed E-state index contributed by atoms with van der Waals surface area (Å²) in [7, 11) is 1.52. The van der Waals surface area contributed by atoms with Crippen molar-refractivity contribution in [3.63, 3.8) is 0 Å². The second-order valence-corrected chi connectivity index (χ2v) is 2.77. The third-order valence-electron chi connectivity index (χ3n) is 1.42. The molecule has 0 aliphatic carbocycles. The van der Waals surface area contributed by atoms with Crippen LogP contribution in [-0.2, 0) is 4.74 Å². The number of hydrogen-bond acceptors (Lipinski definition) is 3. The van der Waals surface area contributed by atoms with E-state index in [9.17, 15) is 4.79 Å². The number of halogens is 1. The van der Waals surface area contributed by atoms with Crippen LogP contribution in [-0.4, -0.2) is 20.2 Å². The molecule has 0 fully saturated rings. The topological polar surface area (TPSA) is 35.5 Å². The molecule has 0 aromatic heterocycles. The number of hydrogen-bond donors (Lipinski definition) is 0. The van der Waals surface area contributed by atoms with Crippen molar-refractivity contribution >= 4 is 17.9 Å². The van der Waals surface area contributed by atoms with Crippen LogP contribution in [0.5, 0.6) is 5.75 Å². The molecule has 1 aromatic rings. The predicted molar refractivity (Wildman–Crippen MR) is 49.3 cm³/mol. The Labute approximate surface area is 81.2 Å². The van der Waals surface area contributed by atoms with Crippen molar-refractivity contribution in [3.8, 4) is 5.75 Å². The summed E-state index contributed by atoms with van der Waals surface area (Å²) in [5, 5.41) is 0.404. The Morgan fingerprint density at radius 1 is 1.54 bits per heavy atom. The maximum Gasteiger partial charge on any atom is 0.188 e. The van der Waals surface area contributed by atoms with E-state index in [1.54, 1.807) is 18.2 Å². The molecule has 70 valence electrons. The molecule has 0 saturated heterocycles. The number of aldehydes is 1. The maximum absolute atomic E-state index is 10.4. The third kappa shape index (κ3) is 2.72. The maximum atomic E-state index is 10.4. The highest BCUT2D eigenvalue weighted by Gasteiger charge is 2.01. The summed E-state index contributed by atoms with van der Waals surface area (Å²) in [5.74, 6) is 0.508. The van der Waals surface area contributed by atoms with E-state index < -0.39 is 0 Å². The Kier molecular flexibility index (Phi) is 3.73. The summed E-state index contributed by atoms with van der Waals surface area (Å²) in [4.78, 5) is 10.4. The van der Waals surface area contributed by atoms with Crippen LogP contribution in [0.3, 0.4) is 0 Å². The molecule has 0 saturated carbocycles. The lowest BCUT2D eigenvalue weighted by Crippen LogP contribution is -1.99. The van der Waals surface area contributed by atoms with Gasteiger partial charge in [-0.1, -0.05) is 11.6 Å². The molecule has 0 atom stereocenters. The summed E-state index contributed by atoms with van der Waals surface area (Å²) in [6.45, 7) is 0.139. The van der Waals surface area contributed by atoms with E-state index in [0.29, 0.717) is 16.3 Å². The Morgan fingerprint density at radius 2 is 2.31 bits per heavy atom. The van der Waals surface area contributed by atoms with Crippen LogP contribution in [0.2, 0.25) is 5.02 Å². The third-order valence-corrected chi connectivity index (χ3v) is 1.72. The molecule has 0 spiro atoms. The second kappa shape index (κ2) is 4.84. The number of methoxy groups -OCH3 is 1. The van der Waals surface area contributed by atoms with Crippen molar-refractivity contribution in [1.29, 1.82) is 0 Å². The Morgan fingerprint density at radius 3 is 2.85 bits per heavy atom. The Balaban J connectivity index is 2.79. The summed E-state index contributed by atoms with van der Waals surface area (Å²) < 4.78 is 9.82. The van der Waals surface area contributed by atoms with Crippen molar-refractivity contribution in [3.05, 3.63) is 28.8 Å². The summed E-state index contributed by atoms with van der Waals surface area (Å²) in [5.41, 5.74) is 0.523. The van der Waals surface area contributed by atoms with Crippen molar-refractivity contribution in [2.75, 3.05) is 13.9 Å². The number of benzene rings is 1. The average Bonchev–Trinajstić information content (AvgIpc) is 2.16. The van der Waals surface area contributed by atoms with Gasteiger partial charge < -0.3 is 9.47 Å². The van der Waals surface area contributed by atoms with Crippen LogP contribution in [0, 0.1) is 0 Å². The average molecular weight is 201 g/mol. The number of carbonyl (C=O) groups excluding carboxylic acids is 1. The number of rotatable bonds is 4. The van der Waals surface area contributed by atoms with E-state index in [0.717, 1.165) is 6.29 Å². The molecule has 0 N–H and O–H groups in total. The van der Waals surface area contributed by atoms with Gasteiger partial charge in [-0.3, -0.25) is 4.79 Å². The van der Waals surface area contributed by atoms with Gasteiger partial charge in [0.25, 0.3) is 0 Å². The first-order valence-corrected chi connectivity index (χ1v) is 4.02. The monoisotopic (exact) mass is 200 g/mol. The molecule has 0 amide bonds. The van der Waals surface area contributed by atoms with E-state index in [-0.39, 0.29) is 6.79 Å². The normalized spacial score (nSPS) is 9.69. The minimum Gasteiger partial charge on any atom is -0.466 e. The Hall–Kier alpha value is -1.06. The molecule has 0 aliphatic rings. The van der Waals surface area contributed by atoms with Gasteiger partial charge >= 0.3 is 0 Å². The fourth-order valence-electron chi connectivity index (χ4n) is 0.830. The molecule has 0 bridgehead atoms. The zero-order valence-corrected chi connectivity index (χ0v) is 7.88. The summed E-state index contributed by atoms with van der Waals surface area (Å²) in [6, 6.07) is 4.80. The Bertz CT molecular complexity index is 299. The highest BCUT2D eigenvalue weighted by molar-refractivity contribution is 6.32. The standard InChI is InChI=1S/C9H9ClO3/c1-12-6-13-9-3-2-7(5-11)4-8(9)10/h2-5H,6H2,1H3. The van der Waals surface area contributed by atoms with Crippen LogP contribution in [0.1, 0.15) is 10.4 Å². The van der Waals surface area contributed by atoms with Crippen molar-refractivity contribution in [2.24, 2.45) is 0 Å². The molecule has 1 aromatic carbocycles. The van der Waals surface area contributed by atoms with Gasteiger partial charge in [-0.2, -0.15) is 0 Å². The van der Waals surface area contributed by atoms with Crippen molar-refractivity contribution in [1.82, 2.24) is 0 Å². The molecule has 3 nitrogen and oxygen atoms in total. The zero-order valence-electron chi connectivity index (χ0n) is 7.12. The van der Waals surface area contributed by atoms with E-state index in [1.807, 2.05) is 0 Å². The van der Waals surface area contributed by atoms with Gasteiger partial charge in [0.05, 0.1) is 5.02 Å². The molecule has 0 heterocycles. The van der Waals surface area contributed by atoms with Crippen molar-refractivity contribution < 1.29 is 14.3 Å². The van der Waals surface area contributed by atoms with Gasteiger partial charge in [0.15, 0.2) is 6.79 Å². The van der Waals surface area contributed by atoms with Gasteiger partial charge in [0.2, 0.25) is 0 Å². The van der Waals surface area contributed by atoms with Crippen LogP contribution < -0.4 is 4.74 Å². The molecule has 4 heteroatoms. The van der Waals surface area contributed by atoms with E-state index >= 15 is 0 Å². The van der Waals surface area contributed by atoms with Crippen LogP contribution in [0.4, 0.5) is 0 Å². The fourth-order valence-corrected chi connectivity index (χ4v) is 1.07. The quantitative estimate of drug-likeness (QED) is 0.552. The summed E-state index contributed by atoms with van der Waals surface area (Å²) >= 11 is 5.80. The van der Waals surface area contributed by atoms with Gasteiger partial charge in [0, 0.05) is 12.7 Å². The minimum atomic E-state index is 0.139. The fraction of sp³-hybridized carbons (Fsp3) is 0.222. The zero-order chi connectivity index (χ0) is 9.68. The van der Waals surface area contributed by atoms with Gasteiger partial charge in [-0.25, -0.2) is 0 Å². The molecular formula is C9H9ClO3. The van der Waals surface area contributed by atoms with Crippen LogP contribution in [0.15, 0.2) is 18.2 Å². The second-order valence-electron chi connectivity index (χ2n) is 2.36. The largest absolute Gasteiger partial charge is 0.466 e. The van der Waals surface area contributed by atoms with Crippen LogP contribution in [0.25, 0.3) is 0 Å². The summed E-state index contributed by atoms with van der Waals surface area (Å²) in [6.07, 6.45) is 0.728. The van der Waals surface area contributed by atoms with Crippen molar-refractivity contribution in [2.45, 2.75) is 0 Å². The first kappa shape index (κ1) is 10.0. The lowest BCUT2D eigenvalue weighted by Gasteiger charge is -2.06. The number of carbonyl (C=O) groups is 1. The van der Waals surface area contributed by atoms with E-state index in [1.165, 1.54) is 7.11 Å². The molecule has 0 radical (unpaired) electrons. The van der Waals surface area contributed by atoms with Gasteiger partial charge in [-0.05, 0) is 18.2 Å². The smallest absolute Gasteiger partial charge is 0.188 e. The number of ether oxygens (including phenoxy) is 2. The molecule has 0 aliphatic heterocycles. The van der Waals surface area contributed by atoms with Gasteiger partial charge in [-0.15, -0.1) is 0 Å².